The molecule has 1 aromatic carbocycles. The first kappa shape index (κ1) is 31.9. The third-order valence-electron chi connectivity index (χ3n) is 9.27. The van der Waals surface area contributed by atoms with E-state index in [1.807, 2.05) is 13.8 Å². The van der Waals surface area contributed by atoms with Crippen molar-refractivity contribution in [3.8, 4) is 16.9 Å². The molecule has 0 unspecified atom stereocenters. The number of hydrogen-bond acceptors (Lipinski definition) is 8. The van der Waals surface area contributed by atoms with Crippen LogP contribution in [0, 0.1) is 11.7 Å². The molecule has 11 nitrogen and oxygen atoms in total. The number of pyridine rings is 1. The Morgan fingerprint density at radius 2 is 1.92 bits per heavy atom. The Morgan fingerprint density at radius 1 is 1.17 bits per heavy atom. The molecule has 1 saturated heterocycles. The van der Waals surface area contributed by atoms with Crippen LogP contribution in [0.5, 0.6) is 5.75 Å². The third kappa shape index (κ3) is 5.84. The van der Waals surface area contributed by atoms with Gasteiger partial charge < -0.3 is 10.5 Å². The number of alkyl halides is 3. The number of benzene rings is 1. The number of aromatic nitrogens is 5. The molecule has 2 aliphatic heterocycles. The Balaban J connectivity index is 1.28. The summed E-state index contributed by atoms with van der Waals surface area (Å²) in [6, 6.07) is 4.07. The number of ether oxygens (including phenoxy) is 1. The van der Waals surface area contributed by atoms with Gasteiger partial charge in [-0.1, -0.05) is 19.9 Å². The zero-order valence-corrected chi connectivity index (χ0v) is 26.4. The van der Waals surface area contributed by atoms with Crippen molar-refractivity contribution >= 4 is 28.5 Å². The quantitative estimate of drug-likeness (QED) is 0.269. The molecule has 252 valence electrons. The summed E-state index contributed by atoms with van der Waals surface area (Å²) in [6.45, 7) is 4.13. The summed E-state index contributed by atoms with van der Waals surface area (Å²) < 4.78 is 63.6. The molecular weight excluding hydrogens is 632 g/mol. The smallest absolute Gasteiger partial charge is 0.265 e. The molecule has 2 fully saturated rings. The van der Waals surface area contributed by atoms with Gasteiger partial charge >= 0.3 is 0 Å². The van der Waals surface area contributed by atoms with Crippen LogP contribution in [0.3, 0.4) is 0 Å². The molecule has 0 spiro atoms. The van der Waals surface area contributed by atoms with Crippen LogP contribution in [0.4, 0.5) is 23.2 Å². The van der Waals surface area contributed by atoms with Gasteiger partial charge in [0.25, 0.3) is 17.7 Å². The van der Waals surface area contributed by atoms with Gasteiger partial charge in [-0.25, -0.2) is 37.2 Å². The van der Waals surface area contributed by atoms with Crippen LogP contribution in [-0.4, -0.2) is 79.3 Å². The van der Waals surface area contributed by atoms with Crippen molar-refractivity contribution in [3.05, 3.63) is 59.7 Å². The average Bonchev–Trinajstić information content (AvgIpc) is 3.44. The summed E-state index contributed by atoms with van der Waals surface area (Å²) in [5.74, 6) is -3.64. The van der Waals surface area contributed by atoms with Gasteiger partial charge in [0.1, 0.15) is 17.7 Å². The summed E-state index contributed by atoms with van der Waals surface area (Å²) in [6.07, 6.45) is 2.44. The molecule has 15 heteroatoms. The van der Waals surface area contributed by atoms with Gasteiger partial charge in [-0.3, -0.25) is 19.4 Å². The number of carbonyl (C=O) groups excluding carboxylic acids is 2. The van der Waals surface area contributed by atoms with E-state index < -0.39 is 29.9 Å². The maximum Gasteiger partial charge on any atom is 0.265 e. The van der Waals surface area contributed by atoms with Crippen molar-refractivity contribution in [2.75, 3.05) is 24.6 Å². The fourth-order valence-electron chi connectivity index (χ4n) is 6.95. The second kappa shape index (κ2) is 12.1. The molecule has 2 N–H and O–H groups in total. The van der Waals surface area contributed by atoms with Crippen LogP contribution in [-0.2, 0) is 17.8 Å². The molecule has 0 bridgehead atoms. The van der Waals surface area contributed by atoms with E-state index >= 15 is 4.39 Å². The second-order valence-corrected chi connectivity index (χ2v) is 13.2. The summed E-state index contributed by atoms with van der Waals surface area (Å²) in [5, 5.41) is 5.04. The number of nitrogens with zero attached hydrogens (tertiary/aromatic N) is 7. The molecule has 1 saturated carbocycles. The van der Waals surface area contributed by atoms with Crippen molar-refractivity contribution in [3.63, 3.8) is 0 Å². The van der Waals surface area contributed by atoms with Gasteiger partial charge in [0.2, 0.25) is 0 Å². The molecule has 0 radical (unpaired) electrons. The van der Waals surface area contributed by atoms with Gasteiger partial charge in [0.15, 0.2) is 18.1 Å². The standard InChI is InChI=1S/C33H34F4N8O3/c1-17(2)7-23-30(31(38)47)29(18-3-4-25-26(8-18)48-16-28(46)44(25)15-27-39-11-19(34)12-40-27)21-13-41-45(32(21)42-23)24-5-6-43(14-22(24)35)20-9-33(36,37)10-20/h3-4,8,11-13,17,20,22,24H,5-7,9-10,14-16H2,1-2H3,(H2,38,47)/t22-,24-/m1/s1. The minimum Gasteiger partial charge on any atom is -0.482 e. The number of hydrogen-bond donors (Lipinski definition) is 1. The lowest BCUT2D eigenvalue weighted by Gasteiger charge is -2.46. The van der Waals surface area contributed by atoms with Crippen LogP contribution in [0.25, 0.3) is 22.2 Å². The Morgan fingerprint density at radius 3 is 2.58 bits per heavy atom. The number of nitrogens with two attached hydrogens (primary N) is 1. The van der Waals surface area contributed by atoms with Gasteiger partial charge in [0.05, 0.1) is 48.1 Å². The molecule has 3 aromatic heterocycles. The van der Waals surface area contributed by atoms with Gasteiger partial charge in [0, 0.05) is 42.9 Å². The van der Waals surface area contributed by atoms with E-state index in [0.29, 0.717) is 58.7 Å². The number of likely N-dealkylation sites (tertiary alicyclic amines) is 1. The molecule has 1 aliphatic carbocycles. The topological polar surface area (TPSA) is 132 Å². The summed E-state index contributed by atoms with van der Waals surface area (Å²) in [5.41, 5.74) is 8.46. The zero-order chi connectivity index (χ0) is 33.9. The SMILES string of the molecule is CC(C)Cc1nc2c(cnn2[C@@H]2CCN(C3CC(F)(F)C3)C[C@H]2F)c(-c2ccc3c(c2)OCC(=O)N3Cc2ncc(F)cn2)c1C(N)=O. The highest BCUT2D eigenvalue weighted by molar-refractivity contribution is 6.09. The van der Waals surface area contributed by atoms with E-state index in [1.54, 1.807) is 27.8 Å². The van der Waals surface area contributed by atoms with Crippen LogP contribution >= 0.6 is 0 Å². The molecule has 2 atom stereocenters. The van der Waals surface area contributed by atoms with Crippen molar-refractivity contribution in [1.82, 2.24) is 29.6 Å². The Kier molecular flexibility index (Phi) is 8.04. The summed E-state index contributed by atoms with van der Waals surface area (Å²) in [4.78, 5) is 42.0. The predicted octanol–water partition coefficient (Wildman–Crippen LogP) is 4.63. The first-order valence-corrected chi connectivity index (χ1v) is 15.9. The fourth-order valence-corrected chi connectivity index (χ4v) is 6.95. The van der Waals surface area contributed by atoms with E-state index in [9.17, 15) is 22.8 Å². The maximum absolute atomic E-state index is 15.8. The predicted molar refractivity (Wildman–Crippen MR) is 167 cm³/mol. The highest BCUT2D eigenvalue weighted by Crippen LogP contribution is 2.44. The Bertz CT molecular complexity index is 1890. The number of anilines is 1. The van der Waals surface area contributed by atoms with Crippen LogP contribution in [0.1, 0.15) is 61.0 Å². The summed E-state index contributed by atoms with van der Waals surface area (Å²) in [7, 11) is 0. The number of primary amides is 1. The Labute approximate surface area is 273 Å². The zero-order valence-electron chi connectivity index (χ0n) is 26.4. The average molecular weight is 667 g/mol. The highest BCUT2D eigenvalue weighted by Gasteiger charge is 2.49. The van der Waals surface area contributed by atoms with Crippen LogP contribution in [0.15, 0.2) is 36.8 Å². The molecule has 7 rings (SSSR count). The monoisotopic (exact) mass is 666 g/mol. The highest BCUT2D eigenvalue weighted by atomic mass is 19.3. The van der Waals surface area contributed by atoms with Crippen molar-refractivity contribution in [1.29, 1.82) is 0 Å². The lowest BCUT2D eigenvalue weighted by atomic mass is 9.85. The lowest BCUT2D eigenvalue weighted by molar-refractivity contribution is -0.133. The summed E-state index contributed by atoms with van der Waals surface area (Å²) >= 11 is 0. The van der Waals surface area contributed by atoms with Crippen LogP contribution in [0.2, 0.25) is 0 Å². The number of fused-ring (bicyclic) bond motifs is 2. The largest absolute Gasteiger partial charge is 0.482 e. The van der Waals surface area contributed by atoms with Gasteiger partial charge in [-0.15, -0.1) is 0 Å². The van der Waals surface area contributed by atoms with Gasteiger partial charge in [-0.2, -0.15) is 5.10 Å². The van der Waals surface area contributed by atoms with E-state index in [-0.39, 0.29) is 61.8 Å². The number of piperidine rings is 1. The van der Waals surface area contributed by atoms with Gasteiger partial charge in [-0.05, 0) is 36.5 Å². The van der Waals surface area contributed by atoms with E-state index in [1.165, 1.54) is 11.1 Å². The van der Waals surface area contributed by atoms with Crippen molar-refractivity contribution < 1.29 is 31.9 Å². The number of rotatable bonds is 8. The first-order chi connectivity index (χ1) is 22.9. The lowest BCUT2D eigenvalue weighted by Crippen LogP contribution is -2.55. The minimum atomic E-state index is -2.69. The number of amides is 2. The molecular formula is C33H34F4N8O3. The molecule has 48 heavy (non-hydrogen) atoms. The molecule has 3 aliphatic rings. The molecule has 4 aromatic rings. The van der Waals surface area contributed by atoms with E-state index in [0.717, 1.165) is 12.4 Å². The van der Waals surface area contributed by atoms with Crippen LogP contribution < -0.4 is 15.4 Å². The molecule has 5 heterocycles. The molecule has 2 amide bonds. The van der Waals surface area contributed by atoms with Crippen molar-refractivity contribution in [2.45, 2.75) is 70.3 Å². The second-order valence-electron chi connectivity index (χ2n) is 13.2. The van der Waals surface area contributed by atoms with E-state index in [4.69, 9.17) is 15.5 Å². The fraction of sp³-hybridized carbons (Fsp3) is 0.455. The van der Waals surface area contributed by atoms with E-state index in [2.05, 4.69) is 15.1 Å². The normalized spacial score (nSPS) is 21.3. The maximum atomic E-state index is 15.8. The first-order valence-electron chi connectivity index (χ1n) is 15.9. The minimum absolute atomic E-state index is 0.0121. The van der Waals surface area contributed by atoms with Crippen molar-refractivity contribution in [2.24, 2.45) is 11.7 Å². The Hall–Kier alpha value is -4.66. The third-order valence-corrected chi connectivity index (χ3v) is 9.27. The number of halogens is 4. The number of carbonyl (C=O) groups is 2.